The largest absolute Gasteiger partial charge is 0.328 e. The number of nitrogens with zero attached hydrogens (tertiary/aromatic N) is 1. The van der Waals surface area contributed by atoms with Gasteiger partial charge in [0.1, 0.15) is 0 Å². The van der Waals surface area contributed by atoms with Gasteiger partial charge in [0.25, 0.3) is 0 Å². The number of hydrogen-bond donors (Lipinski definition) is 2. The van der Waals surface area contributed by atoms with E-state index in [0.29, 0.717) is 12.3 Å². The van der Waals surface area contributed by atoms with Crippen LogP contribution in [0.3, 0.4) is 0 Å². The second kappa shape index (κ2) is 4.51. The maximum absolute atomic E-state index is 11.5. The third kappa shape index (κ3) is 2.25. The van der Waals surface area contributed by atoms with Gasteiger partial charge in [0.2, 0.25) is 11.8 Å². The second-order valence-electron chi connectivity index (χ2n) is 4.86. The molecule has 0 radical (unpaired) electrons. The monoisotopic (exact) mass is 225 g/mol. The van der Waals surface area contributed by atoms with Gasteiger partial charge < -0.3 is 5.73 Å². The van der Waals surface area contributed by atoms with E-state index in [1.165, 1.54) is 0 Å². The molecule has 0 aromatic rings. The highest BCUT2D eigenvalue weighted by Gasteiger charge is 2.37. The first-order valence-corrected chi connectivity index (χ1v) is 5.91. The van der Waals surface area contributed by atoms with Crippen molar-refractivity contribution in [2.45, 2.75) is 38.3 Å². The van der Waals surface area contributed by atoms with Crippen molar-refractivity contribution in [3.8, 4) is 0 Å². The molecule has 16 heavy (non-hydrogen) atoms. The van der Waals surface area contributed by atoms with E-state index in [-0.39, 0.29) is 23.9 Å². The highest BCUT2D eigenvalue weighted by Crippen LogP contribution is 2.23. The average Bonchev–Trinajstić information content (AvgIpc) is 2.58. The predicted molar refractivity (Wildman–Crippen MR) is 59.5 cm³/mol. The second-order valence-corrected chi connectivity index (χ2v) is 4.86. The van der Waals surface area contributed by atoms with Crippen LogP contribution in [0.1, 0.15) is 26.2 Å². The Bertz CT molecular complexity index is 296. The molecule has 5 nitrogen and oxygen atoms in total. The van der Waals surface area contributed by atoms with Gasteiger partial charge in [-0.15, -0.1) is 0 Å². The molecule has 90 valence electrons. The first-order chi connectivity index (χ1) is 7.58. The molecule has 2 rings (SSSR count). The maximum Gasteiger partial charge on any atom is 0.244 e. The highest BCUT2D eigenvalue weighted by molar-refractivity contribution is 6.05. The van der Waals surface area contributed by atoms with E-state index in [4.69, 9.17) is 5.73 Å². The predicted octanol–water partition coefficient (Wildman–Crippen LogP) is -0.539. The van der Waals surface area contributed by atoms with Crippen LogP contribution < -0.4 is 11.1 Å². The molecule has 2 aliphatic heterocycles. The molecule has 2 aliphatic rings. The standard InChI is InChI=1S/C11H19N3O2/c1-7(12)8-2-4-14(5-3-8)9-6-10(15)13-11(9)16/h7-9H,2-6,12H2,1H3,(H,13,15,16). The van der Waals surface area contributed by atoms with Gasteiger partial charge in [-0.05, 0) is 38.8 Å². The summed E-state index contributed by atoms with van der Waals surface area (Å²) in [6.07, 6.45) is 2.37. The zero-order chi connectivity index (χ0) is 11.7. The smallest absolute Gasteiger partial charge is 0.244 e. The van der Waals surface area contributed by atoms with Crippen LogP contribution in [0.5, 0.6) is 0 Å². The van der Waals surface area contributed by atoms with Gasteiger partial charge >= 0.3 is 0 Å². The number of hydrogen-bond acceptors (Lipinski definition) is 4. The van der Waals surface area contributed by atoms with Crippen molar-refractivity contribution in [1.82, 2.24) is 10.2 Å². The highest BCUT2D eigenvalue weighted by atomic mass is 16.2. The zero-order valence-corrected chi connectivity index (χ0v) is 9.61. The summed E-state index contributed by atoms with van der Waals surface area (Å²) in [5.41, 5.74) is 5.86. The molecule has 0 spiro atoms. The number of likely N-dealkylation sites (tertiary alicyclic amines) is 1. The van der Waals surface area contributed by atoms with Crippen molar-refractivity contribution in [1.29, 1.82) is 0 Å². The molecule has 0 saturated carbocycles. The van der Waals surface area contributed by atoms with Crippen molar-refractivity contribution in [2.75, 3.05) is 13.1 Å². The van der Waals surface area contributed by atoms with Gasteiger partial charge in [0.05, 0.1) is 12.5 Å². The lowest BCUT2D eigenvalue weighted by Gasteiger charge is -2.35. The topological polar surface area (TPSA) is 75.4 Å². The lowest BCUT2D eigenvalue weighted by atomic mass is 9.90. The van der Waals surface area contributed by atoms with Crippen LogP contribution in [-0.4, -0.2) is 41.9 Å². The van der Waals surface area contributed by atoms with E-state index in [1.54, 1.807) is 0 Å². The first kappa shape index (κ1) is 11.5. The van der Waals surface area contributed by atoms with Crippen LogP contribution in [0.25, 0.3) is 0 Å². The first-order valence-electron chi connectivity index (χ1n) is 5.91. The van der Waals surface area contributed by atoms with E-state index in [9.17, 15) is 9.59 Å². The van der Waals surface area contributed by atoms with Crippen LogP contribution in [-0.2, 0) is 9.59 Å². The Morgan fingerprint density at radius 2 is 2.00 bits per heavy atom. The summed E-state index contributed by atoms with van der Waals surface area (Å²) < 4.78 is 0. The van der Waals surface area contributed by atoms with E-state index < -0.39 is 0 Å². The molecule has 2 unspecified atom stereocenters. The van der Waals surface area contributed by atoms with E-state index >= 15 is 0 Å². The van der Waals surface area contributed by atoms with E-state index in [2.05, 4.69) is 10.2 Å². The Labute approximate surface area is 95.3 Å². The SMILES string of the molecule is CC(N)C1CCN(C2CC(=O)NC2=O)CC1. The molecule has 0 aromatic heterocycles. The number of imide groups is 1. The summed E-state index contributed by atoms with van der Waals surface area (Å²) in [6.45, 7) is 3.78. The average molecular weight is 225 g/mol. The molecule has 0 aliphatic carbocycles. The molecule has 2 saturated heterocycles. The van der Waals surface area contributed by atoms with Gasteiger partial charge in [-0.3, -0.25) is 19.8 Å². The molecule has 3 N–H and O–H groups in total. The Kier molecular flexibility index (Phi) is 3.25. The fraction of sp³-hybridized carbons (Fsp3) is 0.818. The lowest BCUT2D eigenvalue weighted by Crippen LogP contribution is -2.47. The molecule has 2 fully saturated rings. The zero-order valence-electron chi connectivity index (χ0n) is 9.61. The number of carbonyl (C=O) groups excluding carboxylic acids is 2. The van der Waals surface area contributed by atoms with E-state index in [0.717, 1.165) is 25.9 Å². The van der Waals surface area contributed by atoms with Gasteiger partial charge in [-0.1, -0.05) is 0 Å². The minimum absolute atomic E-state index is 0.135. The summed E-state index contributed by atoms with van der Waals surface area (Å²) in [5, 5.41) is 2.35. The van der Waals surface area contributed by atoms with Crippen molar-refractivity contribution in [2.24, 2.45) is 11.7 Å². The van der Waals surface area contributed by atoms with Gasteiger partial charge in [0.15, 0.2) is 0 Å². The third-order valence-electron chi connectivity index (χ3n) is 3.70. The summed E-state index contributed by atoms with van der Waals surface area (Å²) in [5.74, 6) is 0.268. The molecule has 5 heteroatoms. The van der Waals surface area contributed by atoms with Crippen molar-refractivity contribution >= 4 is 11.8 Å². The summed E-state index contributed by atoms with van der Waals surface area (Å²) in [7, 11) is 0. The number of nitrogens with two attached hydrogens (primary N) is 1. The normalized spacial score (nSPS) is 30.5. The number of piperidine rings is 1. The summed E-state index contributed by atoms with van der Waals surface area (Å²) in [4.78, 5) is 24.7. The molecular weight excluding hydrogens is 206 g/mol. The van der Waals surface area contributed by atoms with Gasteiger partial charge in [-0.2, -0.15) is 0 Å². The van der Waals surface area contributed by atoms with Crippen molar-refractivity contribution in [3.05, 3.63) is 0 Å². The summed E-state index contributed by atoms with van der Waals surface area (Å²) in [6, 6.07) is -0.0114. The van der Waals surface area contributed by atoms with Crippen LogP contribution in [0.15, 0.2) is 0 Å². The van der Waals surface area contributed by atoms with E-state index in [1.807, 2.05) is 6.92 Å². The van der Waals surface area contributed by atoms with Crippen LogP contribution in [0.2, 0.25) is 0 Å². The molecule has 2 amide bonds. The van der Waals surface area contributed by atoms with Crippen molar-refractivity contribution in [3.63, 3.8) is 0 Å². The Hall–Kier alpha value is -0.940. The maximum atomic E-state index is 11.5. The number of rotatable bonds is 2. The van der Waals surface area contributed by atoms with Gasteiger partial charge in [0, 0.05) is 6.04 Å². The third-order valence-corrected chi connectivity index (χ3v) is 3.70. The number of nitrogens with one attached hydrogen (secondary N) is 1. The number of carbonyl (C=O) groups is 2. The molecular formula is C11H19N3O2. The summed E-state index contributed by atoms with van der Waals surface area (Å²) >= 11 is 0. The molecule has 0 aromatic carbocycles. The fourth-order valence-corrected chi connectivity index (χ4v) is 2.59. The molecule has 2 heterocycles. The van der Waals surface area contributed by atoms with Crippen LogP contribution in [0, 0.1) is 5.92 Å². The van der Waals surface area contributed by atoms with Crippen molar-refractivity contribution < 1.29 is 9.59 Å². The number of amides is 2. The van der Waals surface area contributed by atoms with Crippen LogP contribution in [0.4, 0.5) is 0 Å². The molecule has 0 bridgehead atoms. The minimum atomic E-state index is -0.235. The molecule has 2 atom stereocenters. The lowest BCUT2D eigenvalue weighted by molar-refractivity contribution is -0.126. The quantitative estimate of drug-likeness (QED) is 0.619. The Morgan fingerprint density at radius 3 is 2.44 bits per heavy atom. The van der Waals surface area contributed by atoms with Crippen LogP contribution >= 0.6 is 0 Å². The Balaban J connectivity index is 1.89. The Morgan fingerprint density at radius 1 is 1.38 bits per heavy atom. The minimum Gasteiger partial charge on any atom is -0.328 e. The van der Waals surface area contributed by atoms with Gasteiger partial charge in [-0.25, -0.2) is 0 Å². The fourth-order valence-electron chi connectivity index (χ4n) is 2.59.